The summed E-state index contributed by atoms with van der Waals surface area (Å²) in [5.74, 6) is -0.932. The Balaban J connectivity index is 1.83. The molecule has 0 saturated carbocycles. The first-order chi connectivity index (χ1) is 16.1. The number of methoxy groups -OCH3 is 1. The highest BCUT2D eigenvalue weighted by Gasteiger charge is 2.21. The number of hydrogen-bond acceptors (Lipinski definition) is 6. The van der Waals surface area contributed by atoms with Crippen LogP contribution in [0, 0.1) is 0 Å². The van der Waals surface area contributed by atoms with Crippen LogP contribution < -0.4 is 5.43 Å². The predicted octanol–water partition coefficient (Wildman–Crippen LogP) is 4.51. The highest BCUT2D eigenvalue weighted by Crippen LogP contribution is 2.34. The SMILES string of the molecule is CCn1nc(C(C)=NNC(=O)c2ccc(C(=O)OC)cc2)c(O)c1-c1ccc(C(C)(C)C)cc1. The van der Waals surface area contributed by atoms with Gasteiger partial charge in [0.25, 0.3) is 5.91 Å². The van der Waals surface area contributed by atoms with Crippen LogP contribution in [0.2, 0.25) is 0 Å². The third-order valence-corrected chi connectivity index (χ3v) is 5.49. The molecule has 178 valence electrons. The number of esters is 1. The van der Waals surface area contributed by atoms with Gasteiger partial charge in [-0.05, 0) is 49.1 Å². The van der Waals surface area contributed by atoms with Gasteiger partial charge in [0.2, 0.25) is 0 Å². The molecule has 0 aliphatic carbocycles. The third-order valence-electron chi connectivity index (χ3n) is 5.49. The summed E-state index contributed by atoms with van der Waals surface area (Å²) in [5.41, 5.74) is 6.44. The second-order valence-electron chi connectivity index (χ2n) is 8.90. The van der Waals surface area contributed by atoms with Gasteiger partial charge >= 0.3 is 5.97 Å². The molecule has 0 radical (unpaired) electrons. The summed E-state index contributed by atoms with van der Waals surface area (Å²) in [7, 11) is 1.29. The minimum atomic E-state index is -0.480. The van der Waals surface area contributed by atoms with Gasteiger partial charge in [0.05, 0.1) is 18.4 Å². The topological polar surface area (TPSA) is 106 Å². The molecule has 0 atom stereocenters. The smallest absolute Gasteiger partial charge is 0.337 e. The number of aromatic hydroxyl groups is 1. The van der Waals surface area contributed by atoms with Gasteiger partial charge in [-0.15, -0.1) is 0 Å². The largest absolute Gasteiger partial charge is 0.504 e. The summed E-state index contributed by atoms with van der Waals surface area (Å²) in [5, 5.41) is 19.6. The molecule has 0 bridgehead atoms. The van der Waals surface area contributed by atoms with E-state index in [-0.39, 0.29) is 16.9 Å². The van der Waals surface area contributed by atoms with Crippen LogP contribution in [0.15, 0.2) is 53.6 Å². The standard InChI is InChI=1S/C26H30N4O4/c1-7-30-22(17-12-14-20(15-13-17)26(3,4)5)23(31)21(29-30)16(2)27-28-24(32)18-8-10-19(11-9-18)25(33)34-6/h8-15,31H,7H2,1-6H3,(H,28,32). The Bertz CT molecular complexity index is 1220. The molecular weight excluding hydrogens is 432 g/mol. The van der Waals surface area contributed by atoms with E-state index >= 15 is 0 Å². The predicted molar refractivity (Wildman–Crippen MR) is 131 cm³/mol. The fourth-order valence-corrected chi connectivity index (χ4v) is 3.47. The lowest BCUT2D eigenvalue weighted by atomic mass is 9.86. The summed E-state index contributed by atoms with van der Waals surface area (Å²) in [6.07, 6.45) is 0. The van der Waals surface area contributed by atoms with E-state index in [4.69, 9.17) is 0 Å². The van der Waals surface area contributed by atoms with Crippen LogP contribution >= 0.6 is 0 Å². The van der Waals surface area contributed by atoms with Crippen molar-refractivity contribution < 1.29 is 19.4 Å². The zero-order chi connectivity index (χ0) is 25.0. The monoisotopic (exact) mass is 462 g/mol. The number of nitrogens with zero attached hydrogens (tertiary/aromatic N) is 3. The summed E-state index contributed by atoms with van der Waals surface area (Å²) in [4.78, 5) is 24.0. The molecule has 0 unspecified atom stereocenters. The molecule has 3 aromatic rings. The summed E-state index contributed by atoms with van der Waals surface area (Å²) < 4.78 is 6.37. The molecule has 0 aliphatic rings. The van der Waals surface area contributed by atoms with E-state index in [1.165, 1.54) is 36.9 Å². The van der Waals surface area contributed by atoms with Crippen molar-refractivity contribution in [3.63, 3.8) is 0 Å². The number of carbonyl (C=O) groups is 2. The summed E-state index contributed by atoms with van der Waals surface area (Å²) >= 11 is 0. The quantitative estimate of drug-likeness (QED) is 0.318. The Hall–Kier alpha value is -3.94. The average Bonchev–Trinajstić information content (AvgIpc) is 3.17. The van der Waals surface area contributed by atoms with E-state index in [0.29, 0.717) is 29.1 Å². The van der Waals surface area contributed by atoms with Crippen molar-refractivity contribution in [2.75, 3.05) is 7.11 Å². The molecule has 0 fully saturated rings. The Labute approximate surface area is 199 Å². The van der Waals surface area contributed by atoms with Crippen LogP contribution in [0.25, 0.3) is 11.3 Å². The second-order valence-corrected chi connectivity index (χ2v) is 8.90. The molecule has 1 amide bonds. The van der Waals surface area contributed by atoms with Crippen molar-refractivity contribution >= 4 is 17.6 Å². The molecule has 0 saturated heterocycles. The van der Waals surface area contributed by atoms with E-state index in [1.807, 2.05) is 31.2 Å². The zero-order valence-corrected chi connectivity index (χ0v) is 20.3. The number of benzene rings is 2. The van der Waals surface area contributed by atoms with Gasteiger partial charge in [0.15, 0.2) is 11.4 Å². The Morgan fingerprint density at radius 1 is 1.06 bits per heavy atom. The van der Waals surface area contributed by atoms with Gasteiger partial charge in [0.1, 0.15) is 5.69 Å². The van der Waals surface area contributed by atoms with Crippen molar-refractivity contribution in [1.29, 1.82) is 0 Å². The molecule has 34 heavy (non-hydrogen) atoms. The fourth-order valence-electron chi connectivity index (χ4n) is 3.47. The Kier molecular flexibility index (Phi) is 7.20. The van der Waals surface area contributed by atoms with Gasteiger partial charge in [-0.2, -0.15) is 10.2 Å². The minimum absolute atomic E-state index is 0.00304. The van der Waals surface area contributed by atoms with Crippen molar-refractivity contribution in [2.24, 2.45) is 5.10 Å². The van der Waals surface area contributed by atoms with Gasteiger partial charge in [-0.3, -0.25) is 9.48 Å². The molecule has 0 spiro atoms. The maximum absolute atomic E-state index is 12.5. The average molecular weight is 463 g/mol. The number of carbonyl (C=O) groups excluding carboxylic acids is 2. The van der Waals surface area contributed by atoms with Gasteiger partial charge in [0, 0.05) is 17.7 Å². The van der Waals surface area contributed by atoms with Gasteiger partial charge in [-0.25, -0.2) is 10.2 Å². The van der Waals surface area contributed by atoms with Crippen LogP contribution in [0.5, 0.6) is 5.75 Å². The van der Waals surface area contributed by atoms with Gasteiger partial charge in [-0.1, -0.05) is 45.0 Å². The number of aryl methyl sites for hydroxylation is 1. The van der Waals surface area contributed by atoms with Crippen LogP contribution in [0.4, 0.5) is 0 Å². The third kappa shape index (κ3) is 5.17. The number of amides is 1. The number of hydrazone groups is 1. The molecule has 8 nitrogen and oxygen atoms in total. The molecule has 1 heterocycles. The Morgan fingerprint density at radius 2 is 1.65 bits per heavy atom. The van der Waals surface area contributed by atoms with E-state index in [2.05, 4.69) is 41.1 Å². The lowest BCUT2D eigenvalue weighted by Gasteiger charge is -2.19. The van der Waals surface area contributed by atoms with E-state index < -0.39 is 11.9 Å². The van der Waals surface area contributed by atoms with E-state index in [0.717, 1.165) is 5.56 Å². The molecular formula is C26H30N4O4. The summed E-state index contributed by atoms with van der Waals surface area (Å²) in [6, 6.07) is 14.1. The van der Waals surface area contributed by atoms with Gasteiger partial charge < -0.3 is 9.84 Å². The zero-order valence-electron chi connectivity index (χ0n) is 20.3. The van der Waals surface area contributed by atoms with Crippen molar-refractivity contribution in [2.45, 2.75) is 46.6 Å². The van der Waals surface area contributed by atoms with Crippen molar-refractivity contribution in [1.82, 2.24) is 15.2 Å². The molecule has 0 aliphatic heterocycles. The van der Waals surface area contributed by atoms with Crippen LogP contribution in [0.3, 0.4) is 0 Å². The molecule has 3 rings (SSSR count). The highest BCUT2D eigenvalue weighted by molar-refractivity contribution is 6.02. The number of hydrogen-bond donors (Lipinski definition) is 2. The van der Waals surface area contributed by atoms with Crippen molar-refractivity contribution in [3.8, 4) is 17.0 Å². The molecule has 1 aromatic heterocycles. The number of nitrogens with one attached hydrogen (secondary N) is 1. The second kappa shape index (κ2) is 9.91. The van der Waals surface area contributed by atoms with Crippen LogP contribution in [-0.2, 0) is 16.7 Å². The number of ether oxygens (including phenoxy) is 1. The van der Waals surface area contributed by atoms with Crippen LogP contribution in [0.1, 0.15) is 66.6 Å². The first-order valence-electron chi connectivity index (χ1n) is 11.0. The number of rotatable bonds is 6. The minimum Gasteiger partial charge on any atom is -0.504 e. The maximum atomic E-state index is 12.5. The lowest BCUT2D eigenvalue weighted by molar-refractivity contribution is 0.0600. The van der Waals surface area contributed by atoms with Crippen molar-refractivity contribution in [3.05, 3.63) is 70.9 Å². The Morgan fingerprint density at radius 3 is 2.18 bits per heavy atom. The highest BCUT2D eigenvalue weighted by atomic mass is 16.5. The lowest BCUT2D eigenvalue weighted by Crippen LogP contribution is -2.19. The molecule has 2 aromatic carbocycles. The van der Waals surface area contributed by atoms with E-state index in [9.17, 15) is 14.7 Å². The number of aromatic nitrogens is 2. The first kappa shape index (κ1) is 24.7. The first-order valence-corrected chi connectivity index (χ1v) is 11.0. The normalized spacial score (nSPS) is 11.9. The summed E-state index contributed by atoms with van der Waals surface area (Å²) in [6.45, 7) is 10.6. The van der Waals surface area contributed by atoms with Crippen LogP contribution in [-0.4, -0.2) is 39.6 Å². The van der Waals surface area contributed by atoms with E-state index in [1.54, 1.807) is 11.6 Å². The molecule has 8 heteroatoms. The molecule has 2 N–H and O–H groups in total. The maximum Gasteiger partial charge on any atom is 0.337 e. The fraction of sp³-hybridized carbons (Fsp3) is 0.308.